The Balaban J connectivity index is 1.51. The molecule has 128 valence electrons. The molecular formula is C24H22N2. The number of rotatable bonds is 4. The minimum atomic E-state index is 1.04. The minimum absolute atomic E-state index is 1.04. The van der Waals surface area contributed by atoms with E-state index in [1.165, 1.54) is 33.6 Å². The van der Waals surface area contributed by atoms with Crippen molar-refractivity contribution in [2.24, 2.45) is 0 Å². The summed E-state index contributed by atoms with van der Waals surface area (Å²) in [4.78, 5) is 2.53. The lowest BCUT2D eigenvalue weighted by Crippen LogP contribution is -2.23. The van der Waals surface area contributed by atoms with Crippen LogP contribution in [-0.2, 0) is 12.8 Å². The summed E-state index contributed by atoms with van der Waals surface area (Å²) in [6, 6.07) is 28.3. The number of aromatic nitrogens is 1. The maximum atomic E-state index is 2.53. The first-order valence-corrected chi connectivity index (χ1v) is 9.37. The lowest BCUT2D eigenvalue weighted by atomic mass is 10.0. The fraction of sp³-hybridized carbons (Fsp3) is 0.167. The fourth-order valence-corrected chi connectivity index (χ4v) is 4.18. The van der Waals surface area contributed by atoms with Crippen LogP contribution in [0, 0.1) is 0 Å². The molecule has 3 heterocycles. The molecule has 1 aliphatic heterocycles. The van der Waals surface area contributed by atoms with Crippen molar-refractivity contribution < 1.29 is 0 Å². The minimum Gasteiger partial charge on any atom is -0.371 e. The van der Waals surface area contributed by atoms with Crippen LogP contribution < -0.4 is 4.90 Å². The summed E-state index contributed by atoms with van der Waals surface area (Å²) >= 11 is 0. The van der Waals surface area contributed by atoms with Crippen molar-refractivity contribution in [2.75, 3.05) is 18.0 Å². The highest BCUT2D eigenvalue weighted by molar-refractivity contribution is 5.74. The number of pyridine rings is 1. The zero-order chi connectivity index (χ0) is 17.3. The summed E-state index contributed by atoms with van der Waals surface area (Å²) < 4.78 is 2.35. The first kappa shape index (κ1) is 15.3. The Morgan fingerprint density at radius 2 is 1.62 bits per heavy atom. The van der Waals surface area contributed by atoms with Gasteiger partial charge in [0.25, 0.3) is 0 Å². The molecule has 26 heavy (non-hydrogen) atoms. The zero-order valence-corrected chi connectivity index (χ0v) is 14.8. The average molecular weight is 338 g/mol. The molecule has 0 spiro atoms. The second-order valence-corrected chi connectivity index (χ2v) is 6.98. The lowest BCUT2D eigenvalue weighted by Gasteiger charge is -2.20. The van der Waals surface area contributed by atoms with E-state index >= 15 is 0 Å². The number of para-hydroxylation sites is 1. The monoisotopic (exact) mass is 338 g/mol. The number of anilines is 1. The van der Waals surface area contributed by atoms with Gasteiger partial charge in [-0.15, -0.1) is 0 Å². The van der Waals surface area contributed by atoms with E-state index in [0.717, 1.165) is 25.9 Å². The van der Waals surface area contributed by atoms with Gasteiger partial charge in [0.15, 0.2) is 0 Å². The van der Waals surface area contributed by atoms with Crippen molar-refractivity contribution in [2.45, 2.75) is 12.8 Å². The van der Waals surface area contributed by atoms with Crippen molar-refractivity contribution in [3.63, 3.8) is 0 Å². The maximum absolute atomic E-state index is 2.53. The summed E-state index contributed by atoms with van der Waals surface area (Å²) in [6.45, 7) is 2.18. The Kier molecular flexibility index (Phi) is 3.75. The molecule has 0 fully saturated rings. The summed E-state index contributed by atoms with van der Waals surface area (Å²) in [6.07, 6.45) is 4.39. The number of fused-ring (bicyclic) bond motifs is 2. The Morgan fingerprint density at radius 3 is 2.54 bits per heavy atom. The molecule has 0 radical (unpaired) electrons. The molecule has 2 aromatic carbocycles. The highest BCUT2D eigenvalue weighted by Gasteiger charge is 2.19. The topological polar surface area (TPSA) is 7.65 Å². The van der Waals surface area contributed by atoms with Gasteiger partial charge in [-0.25, -0.2) is 0 Å². The first-order valence-electron chi connectivity index (χ1n) is 9.37. The van der Waals surface area contributed by atoms with E-state index in [-0.39, 0.29) is 0 Å². The Hall–Kier alpha value is -3.00. The second-order valence-electron chi connectivity index (χ2n) is 6.98. The molecule has 2 aromatic heterocycles. The van der Waals surface area contributed by atoms with Gasteiger partial charge in [-0.2, -0.15) is 0 Å². The molecule has 2 heteroatoms. The number of hydrogen-bond acceptors (Lipinski definition) is 1. The molecule has 0 aliphatic carbocycles. The molecule has 0 N–H and O–H groups in total. The summed E-state index contributed by atoms with van der Waals surface area (Å²) in [5.41, 5.74) is 8.21. The van der Waals surface area contributed by atoms with Gasteiger partial charge in [0.05, 0.1) is 0 Å². The largest absolute Gasteiger partial charge is 0.371 e. The van der Waals surface area contributed by atoms with Gasteiger partial charge in [-0.3, -0.25) is 0 Å². The van der Waals surface area contributed by atoms with Gasteiger partial charge >= 0.3 is 0 Å². The fourth-order valence-electron chi connectivity index (χ4n) is 4.18. The highest BCUT2D eigenvalue weighted by atomic mass is 15.1. The number of hydrogen-bond donors (Lipinski definition) is 0. The maximum Gasteiger partial charge on any atom is 0.0459 e. The summed E-state index contributed by atoms with van der Waals surface area (Å²) in [5.74, 6) is 0. The van der Waals surface area contributed by atoms with E-state index in [4.69, 9.17) is 0 Å². The smallest absolute Gasteiger partial charge is 0.0459 e. The van der Waals surface area contributed by atoms with Crippen LogP contribution in [0.2, 0.25) is 0 Å². The van der Waals surface area contributed by atoms with Crippen molar-refractivity contribution in [1.29, 1.82) is 0 Å². The van der Waals surface area contributed by atoms with E-state index in [2.05, 4.69) is 94.4 Å². The van der Waals surface area contributed by atoms with Crippen LogP contribution in [0.25, 0.3) is 16.6 Å². The van der Waals surface area contributed by atoms with Crippen LogP contribution in [0.15, 0.2) is 85.1 Å². The molecule has 1 aliphatic rings. The van der Waals surface area contributed by atoms with Gasteiger partial charge in [0.1, 0.15) is 0 Å². The van der Waals surface area contributed by atoms with Crippen LogP contribution in [-0.4, -0.2) is 17.5 Å². The molecule has 0 bridgehead atoms. The third kappa shape index (κ3) is 2.59. The molecule has 0 saturated carbocycles. The number of nitrogens with zero attached hydrogens (tertiary/aromatic N) is 2. The van der Waals surface area contributed by atoms with Crippen molar-refractivity contribution in [3.8, 4) is 11.1 Å². The summed E-state index contributed by atoms with van der Waals surface area (Å²) in [5, 5.41) is 0. The molecule has 0 saturated heterocycles. The average Bonchev–Trinajstić information content (AvgIpc) is 3.28. The number of benzene rings is 2. The molecule has 0 unspecified atom stereocenters. The third-order valence-electron chi connectivity index (χ3n) is 5.47. The molecular weight excluding hydrogens is 316 g/mol. The molecule has 2 nitrogen and oxygen atoms in total. The predicted molar refractivity (Wildman–Crippen MR) is 109 cm³/mol. The van der Waals surface area contributed by atoms with Crippen molar-refractivity contribution in [1.82, 2.24) is 4.40 Å². The van der Waals surface area contributed by atoms with Gasteiger partial charge in [0, 0.05) is 48.2 Å². The van der Waals surface area contributed by atoms with Gasteiger partial charge in [-0.1, -0.05) is 54.6 Å². The SMILES string of the molecule is c1ccc(-c2cc3ccccn3c2CCN2CCc3ccccc32)cc1. The third-order valence-corrected chi connectivity index (χ3v) is 5.47. The highest BCUT2D eigenvalue weighted by Crippen LogP contribution is 2.31. The van der Waals surface area contributed by atoms with Gasteiger partial charge < -0.3 is 9.30 Å². The predicted octanol–water partition coefficient (Wildman–Crippen LogP) is 5.21. The van der Waals surface area contributed by atoms with E-state index < -0.39 is 0 Å². The van der Waals surface area contributed by atoms with Gasteiger partial charge in [-0.05, 0) is 41.8 Å². The quantitative estimate of drug-likeness (QED) is 0.495. The van der Waals surface area contributed by atoms with E-state index in [0.29, 0.717) is 0 Å². The van der Waals surface area contributed by atoms with Crippen LogP contribution in [0.5, 0.6) is 0 Å². The standard InChI is InChI=1S/C24H22N2/c1-2-8-19(9-3-1)22-18-21-11-6-7-15-26(21)24(22)14-17-25-16-13-20-10-4-5-12-23(20)25/h1-12,15,18H,13-14,16-17H2. The lowest BCUT2D eigenvalue weighted by molar-refractivity contribution is 0.795. The van der Waals surface area contributed by atoms with Crippen LogP contribution in [0.3, 0.4) is 0 Å². The van der Waals surface area contributed by atoms with E-state index in [1.54, 1.807) is 0 Å². The second kappa shape index (κ2) is 6.38. The van der Waals surface area contributed by atoms with Crippen LogP contribution in [0.1, 0.15) is 11.3 Å². The Bertz CT molecular complexity index is 1050. The van der Waals surface area contributed by atoms with Crippen LogP contribution >= 0.6 is 0 Å². The van der Waals surface area contributed by atoms with E-state index in [9.17, 15) is 0 Å². The van der Waals surface area contributed by atoms with Gasteiger partial charge in [0.2, 0.25) is 0 Å². The normalized spacial score (nSPS) is 13.3. The molecule has 0 atom stereocenters. The Labute approximate surface area is 154 Å². The zero-order valence-electron chi connectivity index (χ0n) is 14.8. The molecule has 0 amide bonds. The Morgan fingerprint density at radius 1 is 0.808 bits per heavy atom. The van der Waals surface area contributed by atoms with Crippen LogP contribution in [0.4, 0.5) is 5.69 Å². The van der Waals surface area contributed by atoms with Crippen molar-refractivity contribution >= 4 is 11.2 Å². The van der Waals surface area contributed by atoms with Crippen molar-refractivity contribution in [3.05, 3.63) is 96.3 Å². The molecule has 5 rings (SSSR count). The first-order chi connectivity index (χ1) is 12.9. The summed E-state index contributed by atoms with van der Waals surface area (Å²) in [7, 11) is 0. The molecule has 4 aromatic rings. The van der Waals surface area contributed by atoms with E-state index in [1.807, 2.05) is 0 Å².